The van der Waals surface area contributed by atoms with Gasteiger partial charge in [0.05, 0.1) is 6.61 Å². The summed E-state index contributed by atoms with van der Waals surface area (Å²) in [4.78, 5) is 41.2. The molecule has 0 spiro atoms. The Hall–Kier alpha value is -5.12. The van der Waals surface area contributed by atoms with E-state index in [1.165, 1.54) is 11.8 Å². The van der Waals surface area contributed by atoms with Crippen LogP contribution in [0, 0.1) is 0 Å². The van der Waals surface area contributed by atoms with E-state index in [2.05, 4.69) is 31.9 Å². The summed E-state index contributed by atoms with van der Waals surface area (Å²) in [6.45, 7) is 2.32. The molecule has 47 heavy (non-hydrogen) atoms. The molecular formula is C38H32BrN3O4S. The number of anilines is 2. The van der Waals surface area contributed by atoms with Crippen molar-refractivity contribution in [1.29, 1.82) is 0 Å². The number of amides is 3. The first kappa shape index (κ1) is 33.2. The third kappa shape index (κ3) is 9.45. The van der Waals surface area contributed by atoms with Crippen molar-refractivity contribution < 1.29 is 19.1 Å². The highest BCUT2D eigenvalue weighted by Crippen LogP contribution is 2.37. The largest absolute Gasteiger partial charge is 0.493 e. The molecule has 0 bridgehead atoms. The summed E-state index contributed by atoms with van der Waals surface area (Å²) in [5.74, 6) is -0.538. The number of hydrogen-bond donors (Lipinski definition) is 3. The van der Waals surface area contributed by atoms with Gasteiger partial charge >= 0.3 is 0 Å². The van der Waals surface area contributed by atoms with Crippen molar-refractivity contribution in [3.05, 3.63) is 160 Å². The van der Waals surface area contributed by atoms with Gasteiger partial charge < -0.3 is 20.7 Å². The zero-order valence-corrected chi connectivity index (χ0v) is 27.9. The lowest BCUT2D eigenvalue weighted by Gasteiger charge is -2.18. The fraction of sp³-hybridized carbons (Fsp3) is 0.0789. The van der Waals surface area contributed by atoms with E-state index >= 15 is 0 Å². The monoisotopic (exact) mass is 705 g/mol. The highest BCUT2D eigenvalue weighted by atomic mass is 79.9. The molecule has 0 aliphatic carbocycles. The minimum atomic E-state index is -0.568. The maximum absolute atomic E-state index is 13.7. The van der Waals surface area contributed by atoms with Gasteiger partial charge in [0.1, 0.15) is 16.7 Å². The van der Waals surface area contributed by atoms with Crippen molar-refractivity contribution >= 4 is 62.9 Å². The number of ether oxygens (including phenoxy) is 1. The third-order valence-corrected chi connectivity index (χ3v) is 8.62. The second-order valence-electron chi connectivity index (χ2n) is 10.2. The van der Waals surface area contributed by atoms with Crippen molar-refractivity contribution in [2.75, 3.05) is 17.2 Å². The number of carbonyl (C=O) groups excluding carboxylic acids is 3. The van der Waals surface area contributed by atoms with Crippen molar-refractivity contribution in [2.24, 2.45) is 0 Å². The molecule has 5 rings (SSSR count). The predicted octanol–water partition coefficient (Wildman–Crippen LogP) is 8.73. The molecule has 0 aromatic heterocycles. The van der Waals surface area contributed by atoms with E-state index in [9.17, 15) is 14.4 Å². The van der Waals surface area contributed by atoms with Crippen molar-refractivity contribution in [2.45, 2.75) is 17.1 Å². The zero-order valence-electron chi connectivity index (χ0n) is 25.5. The van der Waals surface area contributed by atoms with E-state index < -0.39 is 17.1 Å². The topological polar surface area (TPSA) is 96.5 Å². The zero-order chi connectivity index (χ0) is 33.0. The highest BCUT2D eigenvalue weighted by molar-refractivity contribution is 9.10. The van der Waals surface area contributed by atoms with Crippen molar-refractivity contribution in [1.82, 2.24) is 5.32 Å². The number of para-hydroxylation sites is 1. The summed E-state index contributed by atoms with van der Waals surface area (Å²) in [6.07, 6.45) is 1.59. The molecule has 3 amide bonds. The predicted molar refractivity (Wildman–Crippen MR) is 192 cm³/mol. The van der Waals surface area contributed by atoms with Gasteiger partial charge in [-0.3, -0.25) is 14.4 Å². The second kappa shape index (κ2) is 16.4. The molecule has 0 fully saturated rings. The molecule has 1 unspecified atom stereocenters. The van der Waals surface area contributed by atoms with Crippen molar-refractivity contribution in [3.63, 3.8) is 0 Å². The summed E-state index contributed by atoms with van der Waals surface area (Å²) in [7, 11) is 0. The van der Waals surface area contributed by atoms with E-state index in [1.807, 2.05) is 97.9 Å². The van der Waals surface area contributed by atoms with Crippen LogP contribution in [-0.4, -0.2) is 24.3 Å². The van der Waals surface area contributed by atoms with E-state index in [0.29, 0.717) is 34.9 Å². The van der Waals surface area contributed by atoms with Crippen LogP contribution in [0.25, 0.3) is 6.08 Å². The van der Waals surface area contributed by atoms with Crippen LogP contribution in [0.1, 0.15) is 33.7 Å². The Morgan fingerprint density at radius 3 is 2.17 bits per heavy atom. The van der Waals surface area contributed by atoms with Crippen LogP contribution in [0.15, 0.2) is 149 Å². The van der Waals surface area contributed by atoms with Crippen LogP contribution in [0.5, 0.6) is 5.75 Å². The number of benzene rings is 5. The van der Waals surface area contributed by atoms with Gasteiger partial charge in [-0.25, -0.2) is 0 Å². The molecule has 3 N–H and O–H groups in total. The number of rotatable bonds is 12. The molecule has 0 aliphatic rings. The Kier molecular flexibility index (Phi) is 11.6. The van der Waals surface area contributed by atoms with Gasteiger partial charge in [-0.2, -0.15) is 0 Å². The van der Waals surface area contributed by atoms with Gasteiger partial charge in [-0.05, 0) is 79.2 Å². The van der Waals surface area contributed by atoms with Crippen LogP contribution in [0.2, 0.25) is 0 Å². The van der Waals surface area contributed by atoms with Crippen LogP contribution in [-0.2, 0) is 9.59 Å². The van der Waals surface area contributed by atoms with Gasteiger partial charge in [0.2, 0.25) is 5.91 Å². The lowest BCUT2D eigenvalue weighted by molar-refractivity contribution is -0.116. The molecule has 5 aromatic carbocycles. The number of nitrogens with one attached hydrogen (secondary N) is 3. The Bertz CT molecular complexity index is 1870. The maximum atomic E-state index is 13.7. The summed E-state index contributed by atoms with van der Waals surface area (Å²) in [5, 5.41) is 8.13. The van der Waals surface area contributed by atoms with Crippen LogP contribution >= 0.6 is 27.7 Å². The average Bonchev–Trinajstić information content (AvgIpc) is 3.09. The molecule has 0 heterocycles. The lowest BCUT2D eigenvalue weighted by atomic mass is 10.1. The van der Waals surface area contributed by atoms with Gasteiger partial charge in [-0.15, -0.1) is 11.8 Å². The Labute approximate surface area is 286 Å². The minimum absolute atomic E-state index is 0.0418. The lowest BCUT2D eigenvalue weighted by Crippen LogP contribution is -2.30. The first-order valence-corrected chi connectivity index (χ1v) is 16.6. The van der Waals surface area contributed by atoms with Crippen LogP contribution in [0.4, 0.5) is 11.4 Å². The smallest absolute Gasteiger partial charge is 0.272 e. The Balaban J connectivity index is 1.39. The standard InChI is InChI=1S/C38H32BrN3O4S/c1-2-46-34-19-10-9-16-28(34)24-33(42-36(43)27-14-7-4-8-15-27)37(44)41-31-17-11-18-32(25-31)47-35(26-12-5-3-6-13-26)38(45)40-30-22-20-29(39)21-23-30/h3-25,35H,2H2,1H3,(H,40,45)(H,41,44)(H,42,43)/b33-24+. The van der Waals surface area contributed by atoms with Gasteiger partial charge in [-0.1, -0.05) is 88.7 Å². The fourth-order valence-corrected chi connectivity index (χ4v) is 5.96. The van der Waals surface area contributed by atoms with Gasteiger partial charge in [0, 0.05) is 31.9 Å². The Morgan fingerprint density at radius 2 is 1.45 bits per heavy atom. The van der Waals surface area contributed by atoms with Crippen LogP contribution in [0.3, 0.4) is 0 Å². The molecule has 0 saturated heterocycles. The van der Waals surface area contributed by atoms with E-state index in [0.717, 1.165) is 14.9 Å². The quantitative estimate of drug-likeness (QED) is 0.0891. The molecule has 236 valence electrons. The third-order valence-electron chi connectivity index (χ3n) is 6.85. The molecule has 0 radical (unpaired) electrons. The fourth-order valence-electron chi connectivity index (χ4n) is 4.61. The number of thioether (sulfide) groups is 1. The van der Waals surface area contributed by atoms with Gasteiger partial charge in [0.25, 0.3) is 11.8 Å². The van der Waals surface area contributed by atoms with Crippen LogP contribution < -0.4 is 20.7 Å². The molecule has 5 aromatic rings. The highest BCUT2D eigenvalue weighted by Gasteiger charge is 2.23. The molecular weight excluding hydrogens is 674 g/mol. The Morgan fingerprint density at radius 1 is 0.766 bits per heavy atom. The van der Waals surface area contributed by atoms with E-state index in [-0.39, 0.29) is 11.6 Å². The number of halogens is 1. The molecule has 0 aliphatic heterocycles. The summed E-state index contributed by atoms with van der Waals surface area (Å²) < 4.78 is 6.67. The minimum Gasteiger partial charge on any atom is -0.493 e. The molecule has 1 atom stereocenters. The number of carbonyl (C=O) groups is 3. The maximum Gasteiger partial charge on any atom is 0.272 e. The molecule has 0 saturated carbocycles. The summed E-state index contributed by atoms with van der Waals surface area (Å²) >= 11 is 4.79. The van der Waals surface area contributed by atoms with Crippen molar-refractivity contribution in [3.8, 4) is 5.75 Å². The van der Waals surface area contributed by atoms with E-state index in [1.54, 1.807) is 48.5 Å². The normalized spacial score (nSPS) is 11.7. The number of hydrogen-bond acceptors (Lipinski definition) is 5. The first-order valence-electron chi connectivity index (χ1n) is 14.9. The molecule has 9 heteroatoms. The SMILES string of the molecule is CCOc1ccccc1/C=C(/NC(=O)c1ccccc1)C(=O)Nc1cccc(SC(C(=O)Nc2ccc(Br)cc2)c2ccccc2)c1. The second-order valence-corrected chi connectivity index (χ2v) is 12.3. The first-order chi connectivity index (χ1) is 22.9. The van der Waals surface area contributed by atoms with Gasteiger partial charge in [0.15, 0.2) is 0 Å². The van der Waals surface area contributed by atoms with E-state index in [4.69, 9.17) is 4.74 Å². The summed E-state index contributed by atoms with van der Waals surface area (Å²) in [5.41, 5.74) is 3.11. The molecule has 7 nitrogen and oxygen atoms in total. The average molecular weight is 707 g/mol. The summed E-state index contributed by atoms with van der Waals surface area (Å²) in [6, 6.07) is 40.2.